The summed E-state index contributed by atoms with van der Waals surface area (Å²) in [4.78, 5) is 11.6. The lowest BCUT2D eigenvalue weighted by atomic mass is 10.2. The highest BCUT2D eigenvalue weighted by molar-refractivity contribution is 6.32. The van der Waals surface area contributed by atoms with Crippen LogP contribution in [0.5, 0.6) is 5.75 Å². The van der Waals surface area contributed by atoms with Crippen molar-refractivity contribution in [3.8, 4) is 5.75 Å². The predicted octanol–water partition coefficient (Wildman–Crippen LogP) is 1.89. The molecule has 0 radical (unpaired) electrons. The lowest BCUT2D eigenvalue weighted by molar-refractivity contribution is 0.414. The molecule has 0 spiro atoms. The van der Waals surface area contributed by atoms with E-state index in [4.69, 9.17) is 16.3 Å². The standard InChI is InChI=1S/C13H13ClN4O2/c1-18-13(19)12(14)10(8-16-18)17-15-7-9-5-3-4-6-11(9)20-2/h3-8,17H,1-2H3/b15-7-. The number of halogens is 1. The second-order valence-electron chi connectivity index (χ2n) is 3.91. The molecule has 0 aliphatic heterocycles. The van der Waals surface area contributed by atoms with Crippen LogP contribution in [0.3, 0.4) is 0 Å². The van der Waals surface area contributed by atoms with E-state index in [0.29, 0.717) is 11.4 Å². The quantitative estimate of drug-likeness (QED) is 0.690. The van der Waals surface area contributed by atoms with Crippen LogP contribution in [-0.2, 0) is 7.05 Å². The van der Waals surface area contributed by atoms with Gasteiger partial charge in [-0.2, -0.15) is 10.2 Å². The lowest BCUT2D eigenvalue weighted by Gasteiger charge is -2.05. The van der Waals surface area contributed by atoms with Crippen LogP contribution in [0.1, 0.15) is 5.56 Å². The van der Waals surface area contributed by atoms with Crippen molar-refractivity contribution in [3.63, 3.8) is 0 Å². The minimum absolute atomic E-state index is 0.0414. The number of hydrogen-bond donors (Lipinski definition) is 1. The van der Waals surface area contributed by atoms with Gasteiger partial charge in [-0.05, 0) is 12.1 Å². The van der Waals surface area contributed by atoms with Crippen LogP contribution in [-0.4, -0.2) is 23.1 Å². The number of hydrazone groups is 1. The predicted molar refractivity (Wildman–Crippen MR) is 78.7 cm³/mol. The van der Waals surface area contributed by atoms with Crippen molar-refractivity contribution in [1.29, 1.82) is 0 Å². The van der Waals surface area contributed by atoms with E-state index in [1.165, 1.54) is 13.2 Å². The Morgan fingerprint density at radius 2 is 2.20 bits per heavy atom. The van der Waals surface area contributed by atoms with Gasteiger partial charge in [0.15, 0.2) is 0 Å². The summed E-state index contributed by atoms with van der Waals surface area (Å²) in [6.07, 6.45) is 3.01. The van der Waals surface area contributed by atoms with Gasteiger partial charge in [-0.15, -0.1) is 0 Å². The van der Waals surface area contributed by atoms with Crippen LogP contribution in [0.4, 0.5) is 5.69 Å². The van der Waals surface area contributed by atoms with E-state index in [9.17, 15) is 4.79 Å². The third-order valence-electron chi connectivity index (χ3n) is 2.61. The van der Waals surface area contributed by atoms with E-state index >= 15 is 0 Å². The molecule has 1 aromatic carbocycles. The summed E-state index contributed by atoms with van der Waals surface area (Å²) in [7, 11) is 3.11. The molecular weight excluding hydrogens is 280 g/mol. The minimum Gasteiger partial charge on any atom is -0.496 e. The summed E-state index contributed by atoms with van der Waals surface area (Å²) in [5, 5.41) is 7.92. The number of aromatic nitrogens is 2. The Morgan fingerprint density at radius 3 is 2.95 bits per heavy atom. The van der Waals surface area contributed by atoms with E-state index in [2.05, 4.69) is 15.6 Å². The zero-order chi connectivity index (χ0) is 14.5. The van der Waals surface area contributed by atoms with Crippen molar-refractivity contribution in [2.24, 2.45) is 12.1 Å². The number of nitrogens with zero attached hydrogens (tertiary/aromatic N) is 3. The molecule has 0 atom stereocenters. The Balaban J connectivity index is 2.18. The van der Waals surface area contributed by atoms with E-state index in [1.807, 2.05) is 24.3 Å². The molecule has 7 heteroatoms. The number of benzene rings is 1. The number of anilines is 1. The molecule has 0 aliphatic carbocycles. The molecule has 0 aliphatic rings. The number of hydrogen-bond acceptors (Lipinski definition) is 5. The van der Waals surface area contributed by atoms with Gasteiger partial charge in [0, 0.05) is 12.6 Å². The fourth-order valence-corrected chi connectivity index (χ4v) is 1.75. The zero-order valence-corrected chi connectivity index (χ0v) is 11.8. The number of nitrogens with one attached hydrogen (secondary N) is 1. The monoisotopic (exact) mass is 292 g/mol. The van der Waals surface area contributed by atoms with Crippen molar-refractivity contribution in [1.82, 2.24) is 9.78 Å². The highest BCUT2D eigenvalue weighted by atomic mass is 35.5. The van der Waals surface area contributed by atoms with Gasteiger partial charge < -0.3 is 4.74 Å². The Morgan fingerprint density at radius 1 is 1.45 bits per heavy atom. The first kappa shape index (κ1) is 14.1. The highest BCUT2D eigenvalue weighted by Crippen LogP contribution is 2.16. The van der Waals surface area contributed by atoms with Crippen LogP contribution < -0.4 is 15.7 Å². The number of para-hydroxylation sites is 1. The van der Waals surface area contributed by atoms with Crippen molar-refractivity contribution < 1.29 is 4.74 Å². The zero-order valence-electron chi connectivity index (χ0n) is 11.0. The molecule has 0 unspecified atom stereocenters. The minimum atomic E-state index is -0.385. The highest BCUT2D eigenvalue weighted by Gasteiger charge is 2.06. The van der Waals surface area contributed by atoms with Crippen molar-refractivity contribution in [3.05, 3.63) is 51.4 Å². The summed E-state index contributed by atoms with van der Waals surface area (Å²) < 4.78 is 6.35. The summed E-state index contributed by atoms with van der Waals surface area (Å²) in [5.41, 5.74) is 3.45. The van der Waals surface area contributed by atoms with Crippen LogP contribution in [0.2, 0.25) is 5.02 Å². The summed E-state index contributed by atoms with van der Waals surface area (Å²) >= 11 is 5.90. The molecule has 0 amide bonds. The molecule has 0 saturated carbocycles. The topological polar surface area (TPSA) is 68.5 Å². The number of aryl methyl sites for hydroxylation is 1. The van der Waals surface area contributed by atoms with Gasteiger partial charge in [0.2, 0.25) is 0 Å². The van der Waals surface area contributed by atoms with Crippen molar-refractivity contribution in [2.75, 3.05) is 12.5 Å². The van der Waals surface area contributed by atoms with Crippen LogP contribution in [0.15, 0.2) is 40.4 Å². The van der Waals surface area contributed by atoms with Crippen molar-refractivity contribution in [2.45, 2.75) is 0 Å². The van der Waals surface area contributed by atoms with Crippen LogP contribution in [0, 0.1) is 0 Å². The second-order valence-corrected chi connectivity index (χ2v) is 4.29. The summed E-state index contributed by atoms with van der Waals surface area (Å²) in [6, 6.07) is 7.42. The molecule has 104 valence electrons. The lowest BCUT2D eigenvalue weighted by Crippen LogP contribution is -2.20. The van der Waals surface area contributed by atoms with Gasteiger partial charge in [-0.3, -0.25) is 10.2 Å². The van der Waals surface area contributed by atoms with Gasteiger partial charge in [0.1, 0.15) is 16.5 Å². The van der Waals surface area contributed by atoms with E-state index in [0.717, 1.165) is 10.2 Å². The van der Waals surface area contributed by atoms with Crippen LogP contribution in [0.25, 0.3) is 0 Å². The Bertz CT molecular complexity index is 697. The first-order valence-electron chi connectivity index (χ1n) is 5.77. The maximum atomic E-state index is 11.6. The van der Waals surface area contributed by atoms with Gasteiger partial charge in [-0.1, -0.05) is 23.7 Å². The fraction of sp³-hybridized carbons (Fsp3) is 0.154. The SMILES string of the molecule is COc1ccccc1/C=N\Nc1cnn(C)c(=O)c1Cl. The number of ether oxygens (including phenoxy) is 1. The largest absolute Gasteiger partial charge is 0.496 e. The molecule has 0 fully saturated rings. The van der Waals surface area contributed by atoms with E-state index in [-0.39, 0.29) is 10.6 Å². The molecule has 0 bridgehead atoms. The van der Waals surface area contributed by atoms with Gasteiger partial charge in [0.05, 0.1) is 19.5 Å². The van der Waals surface area contributed by atoms with Gasteiger partial charge >= 0.3 is 0 Å². The van der Waals surface area contributed by atoms with E-state index < -0.39 is 0 Å². The third-order valence-corrected chi connectivity index (χ3v) is 2.97. The first-order valence-corrected chi connectivity index (χ1v) is 6.15. The first-order chi connectivity index (χ1) is 9.63. The van der Waals surface area contributed by atoms with Gasteiger partial charge in [0.25, 0.3) is 5.56 Å². The smallest absolute Gasteiger partial charge is 0.287 e. The molecule has 6 nitrogen and oxygen atoms in total. The fourth-order valence-electron chi connectivity index (χ4n) is 1.53. The Hall–Kier alpha value is -2.34. The normalized spacial score (nSPS) is 10.8. The molecule has 2 rings (SSSR count). The van der Waals surface area contributed by atoms with Gasteiger partial charge in [-0.25, -0.2) is 4.68 Å². The van der Waals surface area contributed by atoms with Crippen molar-refractivity contribution >= 4 is 23.5 Å². The molecule has 20 heavy (non-hydrogen) atoms. The second kappa shape index (κ2) is 6.21. The average molecular weight is 293 g/mol. The molecule has 0 saturated heterocycles. The molecule has 1 N–H and O–H groups in total. The van der Waals surface area contributed by atoms with E-state index in [1.54, 1.807) is 13.3 Å². The Kier molecular flexibility index (Phi) is 4.37. The third kappa shape index (κ3) is 2.97. The Labute approximate surface area is 120 Å². The molecule has 1 aromatic heterocycles. The number of rotatable bonds is 4. The molecule has 2 aromatic rings. The maximum absolute atomic E-state index is 11.6. The molecular formula is C13H13ClN4O2. The summed E-state index contributed by atoms with van der Waals surface area (Å²) in [6.45, 7) is 0. The van der Waals surface area contributed by atoms with Crippen LogP contribution >= 0.6 is 11.6 Å². The number of methoxy groups -OCH3 is 1. The average Bonchev–Trinajstić information content (AvgIpc) is 2.47. The molecule has 1 heterocycles. The summed E-state index contributed by atoms with van der Waals surface area (Å²) in [5.74, 6) is 0.700. The maximum Gasteiger partial charge on any atom is 0.287 e.